The fourth-order valence-electron chi connectivity index (χ4n) is 8.60. The largest absolute Gasteiger partial charge is 0.462 e. The summed E-state index contributed by atoms with van der Waals surface area (Å²) in [5, 5.41) is 0. The molecule has 0 saturated carbocycles. The van der Waals surface area contributed by atoms with Gasteiger partial charge in [0.1, 0.15) is 13.2 Å². The van der Waals surface area contributed by atoms with Crippen LogP contribution in [0.4, 0.5) is 0 Å². The minimum atomic E-state index is -0.791. The highest BCUT2D eigenvalue weighted by molar-refractivity contribution is 5.71. The SMILES string of the molecule is CC/C=C\C/C=C\C/C=C\CCCCCC(=O)OCC(COC(=O)CCCCCCCCCCC/C=C\CCCCCCCCCC)OC(=O)CCCCCCCCCCC/C=C\C/C=C\CCCCC. The predicted octanol–water partition coefficient (Wildman–Crippen LogP) is 20.5. The van der Waals surface area contributed by atoms with Gasteiger partial charge in [0.15, 0.2) is 6.10 Å². The zero-order chi connectivity index (χ0) is 51.4. The van der Waals surface area contributed by atoms with Crippen LogP contribution in [-0.4, -0.2) is 37.2 Å². The van der Waals surface area contributed by atoms with Crippen molar-refractivity contribution in [2.75, 3.05) is 13.2 Å². The quantitative estimate of drug-likeness (QED) is 0.0261. The summed E-state index contributed by atoms with van der Waals surface area (Å²) in [5.41, 5.74) is 0. The minimum Gasteiger partial charge on any atom is -0.462 e. The van der Waals surface area contributed by atoms with E-state index in [0.29, 0.717) is 19.3 Å². The molecule has 1 unspecified atom stereocenters. The highest BCUT2D eigenvalue weighted by atomic mass is 16.6. The normalized spacial score (nSPS) is 12.5. The van der Waals surface area contributed by atoms with Gasteiger partial charge in [0.25, 0.3) is 0 Å². The van der Waals surface area contributed by atoms with Crippen molar-refractivity contribution in [3.63, 3.8) is 0 Å². The van der Waals surface area contributed by atoms with Gasteiger partial charge in [0.05, 0.1) is 0 Å². The number of carbonyl (C=O) groups excluding carboxylic acids is 3. The van der Waals surface area contributed by atoms with Crippen molar-refractivity contribution in [2.45, 2.75) is 309 Å². The van der Waals surface area contributed by atoms with Crippen LogP contribution in [0.2, 0.25) is 0 Å². The molecule has 1 atom stereocenters. The third kappa shape index (κ3) is 57.6. The Hall–Kier alpha value is -3.15. The molecule has 0 amide bonds. The van der Waals surface area contributed by atoms with E-state index in [2.05, 4.69) is 93.7 Å². The van der Waals surface area contributed by atoms with Gasteiger partial charge in [0.2, 0.25) is 0 Å². The lowest BCUT2D eigenvalue weighted by Crippen LogP contribution is -2.30. The molecule has 0 aromatic heterocycles. The van der Waals surface area contributed by atoms with E-state index in [1.165, 1.54) is 173 Å². The summed E-state index contributed by atoms with van der Waals surface area (Å²) in [6.07, 6.45) is 76.2. The van der Waals surface area contributed by atoms with Crippen molar-refractivity contribution in [1.29, 1.82) is 0 Å². The zero-order valence-electron chi connectivity index (χ0n) is 47.0. The fraction of sp³-hybridized carbons (Fsp3) is 0.769. The maximum absolute atomic E-state index is 12.9. The van der Waals surface area contributed by atoms with Crippen LogP contribution in [0.1, 0.15) is 303 Å². The summed E-state index contributed by atoms with van der Waals surface area (Å²) in [6, 6.07) is 0. The average molecular weight is 992 g/mol. The lowest BCUT2D eigenvalue weighted by atomic mass is 10.1. The third-order valence-electron chi connectivity index (χ3n) is 13.2. The third-order valence-corrected chi connectivity index (χ3v) is 13.2. The molecule has 410 valence electrons. The first kappa shape index (κ1) is 67.8. The van der Waals surface area contributed by atoms with Crippen molar-refractivity contribution in [3.05, 3.63) is 72.9 Å². The molecule has 0 aliphatic heterocycles. The monoisotopic (exact) mass is 991 g/mol. The number of esters is 3. The number of hydrogen-bond donors (Lipinski definition) is 0. The van der Waals surface area contributed by atoms with Gasteiger partial charge in [-0.3, -0.25) is 14.4 Å². The van der Waals surface area contributed by atoms with Gasteiger partial charge in [0, 0.05) is 19.3 Å². The Bertz CT molecular complexity index is 1320. The van der Waals surface area contributed by atoms with Crippen LogP contribution in [0, 0.1) is 0 Å². The van der Waals surface area contributed by atoms with Crippen LogP contribution in [0.15, 0.2) is 72.9 Å². The zero-order valence-corrected chi connectivity index (χ0v) is 47.0. The number of ether oxygens (including phenoxy) is 3. The molecular weight excluding hydrogens is 877 g/mol. The van der Waals surface area contributed by atoms with E-state index in [-0.39, 0.29) is 31.1 Å². The topological polar surface area (TPSA) is 78.9 Å². The second kappa shape index (κ2) is 59.4. The first-order valence-electron chi connectivity index (χ1n) is 30.4. The Morgan fingerprint density at radius 2 is 0.549 bits per heavy atom. The molecule has 71 heavy (non-hydrogen) atoms. The van der Waals surface area contributed by atoms with Crippen LogP contribution in [-0.2, 0) is 28.6 Å². The summed E-state index contributed by atoms with van der Waals surface area (Å²) in [5.74, 6) is -0.913. The predicted molar refractivity (Wildman–Crippen MR) is 307 cm³/mol. The summed E-state index contributed by atoms with van der Waals surface area (Å²) < 4.78 is 16.9. The second-order valence-corrected chi connectivity index (χ2v) is 20.2. The van der Waals surface area contributed by atoms with E-state index < -0.39 is 6.10 Å². The van der Waals surface area contributed by atoms with Crippen LogP contribution in [0.3, 0.4) is 0 Å². The van der Waals surface area contributed by atoms with Crippen molar-refractivity contribution in [2.24, 2.45) is 0 Å². The van der Waals surface area contributed by atoms with Crippen molar-refractivity contribution in [1.82, 2.24) is 0 Å². The van der Waals surface area contributed by atoms with Gasteiger partial charge in [-0.15, -0.1) is 0 Å². The summed E-state index contributed by atoms with van der Waals surface area (Å²) in [6.45, 7) is 6.50. The van der Waals surface area contributed by atoms with Crippen LogP contribution in [0.5, 0.6) is 0 Å². The van der Waals surface area contributed by atoms with Crippen LogP contribution < -0.4 is 0 Å². The van der Waals surface area contributed by atoms with E-state index >= 15 is 0 Å². The standard InChI is InChI=1S/C65H114O6/c1-4-7-10-13-16-19-22-25-27-29-31-32-34-35-37-40-43-46-49-52-55-58-64(67)70-61-62(60-69-63(66)57-54-51-48-45-42-39-24-21-18-15-12-9-6-3)71-65(68)59-56-53-50-47-44-41-38-36-33-30-28-26-23-20-17-14-11-8-5-2/h9,12,17-18,20-21,26,28-29,31,39,42,62H,4-8,10-11,13-16,19,22-25,27,30,32-38,40-41,43-61H2,1-3H3/b12-9-,20-17-,21-18-,28-26-,31-29-,42-39-. The lowest BCUT2D eigenvalue weighted by molar-refractivity contribution is -0.167. The van der Waals surface area contributed by atoms with E-state index in [4.69, 9.17) is 14.2 Å². The summed E-state index contributed by atoms with van der Waals surface area (Å²) in [4.78, 5) is 38.2. The number of carbonyl (C=O) groups is 3. The highest BCUT2D eigenvalue weighted by Crippen LogP contribution is 2.16. The van der Waals surface area contributed by atoms with E-state index in [9.17, 15) is 14.4 Å². The Morgan fingerprint density at radius 1 is 0.296 bits per heavy atom. The Labute approximate surface area is 440 Å². The van der Waals surface area contributed by atoms with Crippen LogP contribution in [0.25, 0.3) is 0 Å². The van der Waals surface area contributed by atoms with Crippen molar-refractivity contribution >= 4 is 17.9 Å². The van der Waals surface area contributed by atoms with Gasteiger partial charge >= 0.3 is 17.9 Å². The first-order chi connectivity index (χ1) is 35.0. The molecule has 0 aliphatic rings. The molecule has 0 spiro atoms. The van der Waals surface area contributed by atoms with Crippen LogP contribution >= 0.6 is 0 Å². The Balaban J connectivity index is 4.35. The number of hydrogen-bond acceptors (Lipinski definition) is 6. The summed E-state index contributed by atoms with van der Waals surface area (Å²) >= 11 is 0. The molecule has 0 radical (unpaired) electrons. The van der Waals surface area contributed by atoms with Gasteiger partial charge in [-0.2, -0.15) is 0 Å². The lowest BCUT2D eigenvalue weighted by Gasteiger charge is -2.18. The molecule has 6 nitrogen and oxygen atoms in total. The first-order valence-corrected chi connectivity index (χ1v) is 30.4. The molecule has 0 bridgehead atoms. The minimum absolute atomic E-state index is 0.0866. The molecule has 6 heteroatoms. The van der Waals surface area contributed by atoms with Gasteiger partial charge in [-0.25, -0.2) is 0 Å². The molecule has 0 aromatic carbocycles. The molecular formula is C65H114O6. The number of unbranched alkanes of at least 4 members (excludes halogenated alkanes) is 32. The smallest absolute Gasteiger partial charge is 0.306 e. The van der Waals surface area contributed by atoms with E-state index in [0.717, 1.165) is 89.9 Å². The molecule has 0 aliphatic carbocycles. The van der Waals surface area contributed by atoms with Gasteiger partial charge in [-0.1, -0.05) is 248 Å². The summed E-state index contributed by atoms with van der Waals surface area (Å²) in [7, 11) is 0. The maximum Gasteiger partial charge on any atom is 0.306 e. The highest BCUT2D eigenvalue weighted by Gasteiger charge is 2.19. The Kier molecular flexibility index (Phi) is 56.8. The van der Waals surface area contributed by atoms with Crippen molar-refractivity contribution < 1.29 is 28.6 Å². The Morgan fingerprint density at radius 3 is 0.915 bits per heavy atom. The van der Waals surface area contributed by atoms with E-state index in [1.54, 1.807) is 0 Å². The number of allylic oxidation sites excluding steroid dienone is 12. The maximum atomic E-state index is 12.9. The molecule has 0 N–H and O–H groups in total. The second-order valence-electron chi connectivity index (χ2n) is 20.2. The van der Waals surface area contributed by atoms with Gasteiger partial charge < -0.3 is 14.2 Å². The average Bonchev–Trinajstić information content (AvgIpc) is 3.37. The number of rotatable bonds is 55. The molecule has 0 fully saturated rings. The van der Waals surface area contributed by atoms with Crippen molar-refractivity contribution in [3.8, 4) is 0 Å². The molecule has 0 rings (SSSR count). The molecule has 0 heterocycles. The fourth-order valence-corrected chi connectivity index (χ4v) is 8.60. The van der Waals surface area contributed by atoms with E-state index in [1.807, 2.05) is 0 Å². The molecule has 0 saturated heterocycles. The van der Waals surface area contributed by atoms with Gasteiger partial charge in [-0.05, 0) is 109 Å². The molecule has 0 aromatic rings.